The lowest BCUT2D eigenvalue weighted by Gasteiger charge is -2.32. The zero-order valence-corrected chi connectivity index (χ0v) is 24.0. The summed E-state index contributed by atoms with van der Waals surface area (Å²) in [7, 11) is -3.16. The van der Waals surface area contributed by atoms with E-state index in [4.69, 9.17) is 14.2 Å². The molecule has 1 saturated heterocycles. The number of benzene rings is 3. The maximum atomic E-state index is 14.0. The Morgan fingerprint density at radius 1 is 0.929 bits per heavy atom. The number of rotatable bonds is 11. The molecule has 0 unspecified atom stereocenters. The van der Waals surface area contributed by atoms with Crippen molar-refractivity contribution in [2.24, 2.45) is 0 Å². The number of sulfonamides is 1. The van der Waals surface area contributed by atoms with Gasteiger partial charge in [-0.1, -0.05) is 37.6 Å². The highest BCUT2D eigenvalue weighted by molar-refractivity contribution is 7.93. The van der Waals surface area contributed by atoms with Crippen molar-refractivity contribution < 1.29 is 40.9 Å². The lowest BCUT2D eigenvalue weighted by molar-refractivity contribution is -0.117. The first-order valence-electron chi connectivity index (χ1n) is 13.7. The molecule has 7 nitrogen and oxygen atoms in total. The molecule has 2 heterocycles. The fourth-order valence-corrected chi connectivity index (χ4v) is 7.47. The largest absolute Gasteiger partial charge is 0.508 e. The van der Waals surface area contributed by atoms with Gasteiger partial charge in [0.2, 0.25) is 10.0 Å². The van der Waals surface area contributed by atoms with E-state index in [-0.39, 0.29) is 17.9 Å². The molecule has 2 aliphatic rings. The molecule has 3 atom stereocenters. The van der Waals surface area contributed by atoms with Crippen molar-refractivity contribution in [3.63, 3.8) is 0 Å². The second-order valence-corrected chi connectivity index (χ2v) is 12.4. The standard InChI is InChI=1S/C31H32F3NO6S/c1-3-4-17-40-25-13-7-20(8-14-25)28-26-18-27(30(41-26)29(28)21-5-11-23(36)12-6-21)42(37,38)35(19-31(32,33)34)22-9-15-24(39-2)16-10-22/h5-16,26-27,30,36H,3-4,17-19H2,1-2H3/t26-,27+,30+/m1/s1. The number of hydrogen-bond donors (Lipinski definition) is 1. The predicted octanol–water partition coefficient (Wildman–Crippen LogP) is 6.43. The molecule has 224 valence electrons. The summed E-state index contributed by atoms with van der Waals surface area (Å²) in [5.41, 5.74) is 2.63. The van der Waals surface area contributed by atoms with E-state index in [0.29, 0.717) is 33.5 Å². The van der Waals surface area contributed by atoms with Crippen LogP contribution in [0, 0.1) is 0 Å². The first-order chi connectivity index (χ1) is 20.0. The summed E-state index contributed by atoms with van der Waals surface area (Å²) < 4.78 is 86.8. The predicted molar refractivity (Wildman–Crippen MR) is 154 cm³/mol. The zero-order chi connectivity index (χ0) is 30.1. The Morgan fingerprint density at radius 3 is 2.12 bits per heavy atom. The number of nitrogens with zero attached hydrogens (tertiary/aromatic N) is 1. The molecule has 3 aromatic carbocycles. The van der Waals surface area contributed by atoms with E-state index in [1.54, 1.807) is 12.1 Å². The van der Waals surface area contributed by atoms with Crippen LogP contribution < -0.4 is 13.8 Å². The topological polar surface area (TPSA) is 85.3 Å². The normalized spacial score (nSPS) is 20.2. The van der Waals surface area contributed by atoms with E-state index in [9.17, 15) is 26.7 Å². The molecule has 1 fully saturated rings. The molecule has 0 aliphatic carbocycles. The average molecular weight is 604 g/mol. The summed E-state index contributed by atoms with van der Waals surface area (Å²) in [4.78, 5) is 0. The number of halogens is 3. The fraction of sp³-hybridized carbons (Fsp3) is 0.355. The van der Waals surface area contributed by atoms with Gasteiger partial charge in [0.15, 0.2) is 0 Å². The van der Waals surface area contributed by atoms with E-state index in [1.165, 1.54) is 43.5 Å². The Bertz CT molecular complexity index is 1520. The second kappa shape index (κ2) is 11.9. The molecular formula is C31H32F3NO6S. The van der Waals surface area contributed by atoms with Gasteiger partial charge in [-0.25, -0.2) is 8.42 Å². The molecule has 0 saturated carbocycles. The zero-order valence-electron chi connectivity index (χ0n) is 23.2. The lowest BCUT2D eigenvalue weighted by Crippen LogP contribution is -2.47. The fourth-order valence-electron chi connectivity index (χ4n) is 5.47. The van der Waals surface area contributed by atoms with Crippen LogP contribution in [0.1, 0.15) is 37.3 Å². The third-order valence-corrected chi connectivity index (χ3v) is 9.63. The summed E-state index contributed by atoms with van der Waals surface area (Å²) in [5.74, 6) is 1.11. The third-order valence-electron chi connectivity index (χ3n) is 7.47. The minimum atomic E-state index is -4.78. The van der Waals surface area contributed by atoms with Crippen molar-refractivity contribution in [2.45, 2.75) is 49.8 Å². The SMILES string of the molecule is CCCCOc1ccc(C2=C(c3ccc(O)cc3)[C@H]3O[C@@H]2C[C@@H]3S(=O)(=O)N(CC(F)(F)F)c2ccc(OC)cc2)cc1. The Hall–Kier alpha value is -3.70. The summed E-state index contributed by atoms with van der Waals surface area (Å²) in [6, 6.07) is 19.1. The van der Waals surface area contributed by atoms with Crippen molar-refractivity contribution in [2.75, 3.05) is 24.6 Å². The number of phenolic OH excluding ortho intramolecular Hbond substituents is 1. The Labute approximate surface area is 243 Å². The number of unbranched alkanes of at least 4 members (excludes halogenated alkanes) is 1. The van der Waals surface area contributed by atoms with Gasteiger partial charge in [-0.2, -0.15) is 13.2 Å². The van der Waals surface area contributed by atoms with E-state index in [1.807, 2.05) is 24.3 Å². The number of methoxy groups -OCH3 is 1. The van der Waals surface area contributed by atoms with Gasteiger partial charge in [0.1, 0.15) is 35.1 Å². The van der Waals surface area contributed by atoms with Crippen LogP contribution in [0.3, 0.4) is 0 Å². The van der Waals surface area contributed by atoms with E-state index in [0.717, 1.165) is 24.0 Å². The number of ether oxygens (including phenoxy) is 3. The van der Waals surface area contributed by atoms with E-state index in [2.05, 4.69) is 6.92 Å². The number of aromatic hydroxyl groups is 1. The smallest absolute Gasteiger partial charge is 0.407 e. The second-order valence-electron chi connectivity index (χ2n) is 10.3. The summed E-state index contributed by atoms with van der Waals surface area (Å²) >= 11 is 0. The first-order valence-corrected chi connectivity index (χ1v) is 15.2. The molecule has 3 aromatic rings. The Balaban J connectivity index is 1.54. The highest BCUT2D eigenvalue weighted by atomic mass is 32.2. The molecule has 0 radical (unpaired) electrons. The maximum Gasteiger partial charge on any atom is 0.407 e. The molecular weight excluding hydrogens is 571 g/mol. The summed E-state index contributed by atoms with van der Waals surface area (Å²) in [5, 5.41) is 8.61. The van der Waals surface area contributed by atoms with Gasteiger partial charge in [0.25, 0.3) is 0 Å². The molecule has 42 heavy (non-hydrogen) atoms. The van der Waals surface area contributed by atoms with Crippen molar-refractivity contribution in [3.8, 4) is 17.2 Å². The minimum absolute atomic E-state index is 0.0107. The monoisotopic (exact) mass is 603 g/mol. The number of hydrogen-bond acceptors (Lipinski definition) is 6. The van der Waals surface area contributed by atoms with Crippen LogP contribution in [-0.2, 0) is 14.8 Å². The first kappa shape index (κ1) is 29.8. The van der Waals surface area contributed by atoms with Gasteiger partial charge in [-0.3, -0.25) is 4.31 Å². The van der Waals surface area contributed by atoms with Crippen LogP contribution >= 0.6 is 0 Å². The molecule has 2 aliphatic heterocycles. The Morgan fingerprint density at radius 2 is 1.52 bits per heavy atom. The minimum Gasteiger partial charge on any atom is -0.508 e. The van der Waals surface area contributed by atoms with Crippen LogP contribution in [0.4, 0.5) is 18.9 Å². The molecule has 0 aromatic heterocycles. The Kier molecular flexibility index (Phi) is 8.43. The van der Waals surface area contributed by atoms with Gasteiger partial charge in [0, 0.05) is 0 Å². The maximum absolute atomic E-state index is 14.0. The van der Waals surface area contributed by atoms with Crippen molar-refractivity contribution >= 4 is 26.9 Å². The molecule has 11 heteroatoms. The van der Waals surface area contributed by atoms with Gasteiger partial charge in [0.05, 0.1) is 25.5 Å². The number of alkyl halides is 3. The third kappa shape index (κ3) is 6.07. The van der Waals surface area contributed by atoms with Crippen LogP contribution in [0.2, 0.25) is 0 Å². The summed E-state index contributed by atoms with van der Waals surface area (Å²) in [6.07, 6.45) is -4.54. The van der Waals surface area contributed by atoms with Crippen molar-refractivity contribution in [3.05, 3.63) is 83.9 Å². The highest BCUT2D eigenvalue weighted by Gasteiger charge is 2.55. The highest BCUT2D eigenvalue weighted by Crippen LogP contribution is 2.51. The number of fused-ring (bicyclic) bond motifs is 2. The van der Waals surface area contributed by atoms with Gasteiger partial charge in [-0.05, 0) is 83.6 Å². The van der Waals surface area contributed by atoms with Crippen LogP contribution in [0.5, 0.6) is 17.2 Å². The quantitative estimate of drug-likeness (QED) is 0.255. The van der Waals surface area contributed by atoms with Gasteiger partial charge < -0.3 is 19.3 Å². The molecule has 0 amide bonds. The van der Waals surface area contributed by atoms with E-state index < -0.39 is 40.2 Å². The number of phenols is 1. The molecule has 0 spiro atoms. The molecule has 5 rings (SSSR count). The lowest BCUT2D eigenvalue weighted by atomic mass is 9.83. The molecule has 1 N–H and O–H groups in total. The van der Waals surface area contributed by atoms with Crippen LogP contribution in [0.15, 0.2) is 72.8 Å². The average Bonchev–Trinajstić information content (AvgIpc) is 3.57. The summed E-state index contributed by atoms with van der Waals surface area (Å²) in [6.45, 7) is 0.985. The molecule has 2 bridgehead atoms. The van der Waals surface area contributed by atoms with Gasteiger partial charge in [-0.15, -0.1) is 0 Å². The number of anilines is 1. The van der Waals surface area contributed by atoms with Crippen LogP contribution in [-0.4, -0.2) is 57.4 Å². The van der Waals surface area contributed by atoms with Crippen molar-refractivity contribution in [1.29, 1.82) is 0 Å². The van der Waals surface area contributed by atoms with Gasteiger partial charge >= 0.3 is 6.18 Å². The van der Waals surface area contributed by atoms with Crippen LogP contribution in [0.25, 0.3) is 11.1 Å². The van der Waals surface area contributed by atoms with E-state index >= 15 is 0 Å². The van der Waals surface area contributed by atoms with Crippen molar-refractivity contribution in [1.82, 2.24) is 0 Å².